The monoisotopic (exact) mass is 329 g/mol. The summed E-state index contributed by atoms with van der Waals surface area (Å²) < 4.78 is 0. The van der Waals surface area contributed by atoms with Gasteiger partial charge in [-0.1, -0.05) is 62.2 Å². The third-order valence-electron chi connectivity index (χ3n) is 5.30. The van der Waals surface area contributed by atoms with Gasteiger partial charge in [0.15, 0.2) is 0 Å². The van der Waals surface area contributed by atoms with E-state index in [4.69, 9.17) is 12.2 Å². The lowest BCUT2D eigenvalue weighted by molar-refractivity contribution is 0.392. The van der Waals surface area contributed by atoms with Crippen LogP contribution in [0.1, 0.15) is 48.6 Å². The lowest BCUT2D eigenvalue weighted by Crippen LogP contribution is -2.10. The van der Waals surface area contributed by atoms with Crippen molar-refractivity contribution in [2.45, 2.75) is 46.5 Å². The summed E-state index contributed by atoms with van der Waals surface area (Å²) in [5.74, 6) is 2.53. The maximum Gasteiger partial charge on any atom is 0.0860 e. The van der Waals surface area contributed by atoms with Crippen molar-refractivity contribution in [1.82, 2.24) is 0 Å². The molecule has 0 aromatic heterocycles. The van der Waals surface area contributed by atoms with E-state index < -0.39 is 0 Å². The minimum Gasteiger partial charge on any atom is -0.392 e. The summed E-state index contributed by atoms with van der Waals surface area (Å²) in [6, 6.07) is 15.4. The molecule has 0 unspecified atom stereocenters. The molecular weight excluding hydrogens is 302 g/mol. The molecule has 25 heavy (non-hydrogen) atoms. The number of rotatable bonds is 4. The summed E-state index contributed by atoms with van der Waals surface area (Å²) in [6.45, 7) is 6.72. The Kier molecular flexibility index (Phi) is 4.73. The van der Waals surface area contributed by atoms with Crippen molar-refractivity contribution in [3.63, 3.8) is 0 Å². The first-order valence-electron chi connectivity index (χ1n) is 9.01. The smallest absolute Gasteiger partial charge is 0.0860 e. The second kappa shape index (κ2) is 6.81. The molecule has 0 bridgehead atoms. The molecule has 0 amide bonds. The van der Waals surface area contributed by atoms with E-state index in [1.165, 1.54) is 29.5 Å². The van der Waals surface area contributed by atoms with E-state index in [2.05, 4.69) is 62.2 Å². The van der Waals surface area contributed by atoms with Gasteiger partial charge in [0, 0.05) is 0 Å². The SMILES string of the molecule is C#C/C(N)=C(/C)c1cccc(CCc2cccc3c2CC(C)(C)C3)c1. The molecule has 1 aliphatic rings. The third kappa shape index (κ3) is 3.80. The number of hydrogen-bond donors (Lipinski definition) is 1. The van der Waals surface area contributed by atoms with Crippen LogP contribution in [0.15, 0.2) is 48.2 Å². The van der Waals surface area contributed by atoms with Gasteiger partial charge in [0.2, 0.25) is 0 Å². The van der Waals surface area contributed by atoms with E-state index in [1.807, 2.05) is 6.92 Å². The highest BCUT2D eigenvalue weighted by Gasteiger charge is 2.29. The molecule has 2 aromatic carbocycles. The van der Waals surface area contributed by atoms with Crippen LogP contribution in [-0.4, -0.2) is 0 Å². The van der Waals surface area contributed by atoms with Crippen LogP contribution in [0.3, 0.4) is 0 Å². The van der Waals surface area contributed by atoms with Crippen molar-refractivity contribution in [3.05, 3.63) is 76.0 Å². The molecule has 2 N–H and O–H groups in total. The Morgan fingerprint density at radius 1 is 1.12 bits per heavy atom. The van der Waals surface area contributed by atoms with Gasteiger partial charge in [-0.3, -0.25) is 0 Å². The quantitative estimate of drug-likeness (QED) is 0.792. The van der Waals surface area contributed by atoms with E-state index in [9.17, 15) is 0 Å². The fraction of sp³-hybridized carbons (Fsp3) is 0.333. The fourth-order valence-corrected chi connectivity index (χ4v) is 3.87. The first-order chi connectivity index (χ1) is 11.9. The molecule has 1 aliphatic carbocycles. The zero-order valence-electron chi connectivity index (χ0n) is 15.5. The van der Waals surface area contributed by atoms with Crippen molar-refractivity contribution in [1.29, 1.82) is 0 Å². The van der Waals surface area contributed by atoms with Gasteiger partial charge in [0.05, 0.1) is 5.70 Å². The number of hydrogen-bond acceptors (Lipinski definition) is 1. The van der Waals surface area contributed by atoms with Gasteiger partial charge in [-0.05, 0) is 71.4 Å². The number of aryl methyl sites for hydroxylation is 2. The molecular formula is C24H27N. The Morgan fingerprint density at radius 2 is 1.88 bits per heavy atom. The van der Waals surface area contributed by atoms with Crippen LogP contribution in [0.2, 0.25) is 0 Å². The van der Waals surface area contributed by atoms with Crippen LogP contribution >= 0.6 is 0 Å². The molecule has 0 radical (unpaired) electrons. The Labute approximate surface area is 152 Å². The predicted octanol–water partition coefficient (Wildman–Crippen LogP) is 4.92. The van der Waals surface area contributed by atoms with Crippen molar-refractivity contribution in [2.24, 2.45) is 11.1 Å². The summed E-state index contributed by atoms with van der Waals surface area (Å²) >= 11 is 0. The Balaban J connectivity index is 1.79. The predicted molar refractivity (Wildman–Crippen MR) is 107 cm³/mol. The highest BCUT2D eigenvalue weighted by Crippen LogP contribution is 2.38. The van der Waals surface area contributed by atoms with E-state index in [0.29, 0.717) is 11.1 Å². The van der Waals surface area contributed by atoms with Crippen LogP contribution in [0.25, 0.3) is 5.57 Å². The van der Waals surface area contributed by atoms with Gasteiger partial charge in [0.25, 0.3) is 0 Å². The number of nitrogens with two attached hydrogens (primary N) is 1. The molecule has 3 rings (SSSR count). The van der Waals surface area contributed by atoms with Crippen LogP contribution in [0.5, 0.6) is 0 Å². The Hall–Kier alpha value is -2.46. The second-order valence-electron chi connectivity index (χ2n) is 7.96. The number of terminal acetylenes is 1. The molecule has 1 heteroatoms. The number of benzene rings is 2. The first-order valence-corrected chi connectivity index (χ1v) is 9.01. The van der Waals surface area contributed by atoms with Gasteiger partial charge in [-0.15, -0.1) is 6.42 Å². The van der Waals surface area contributed by atoms with Gasteiger partial charge in [-0.2, -0.15) is 0 Å². The average molecular weight is 329 g/mol. The van der Waals surface area contributed by atoms with Crippen LogP contribution in [0.4, 0.5) is 0 Å². The van der Waals surface area contributed by atoms with Crippen LogP contribution < -0.4 is 5.73 Å². The lowest BCUT2D eigenvalue weighted by atomic mass is 9.89. The minimum atomic E-state index is 0.396. The highest BCUT2D eigenvalue weighted by atomic mass is 14.6. The molecule has 0 heterocycles. The summed E-state index contributed by atoms with van der Waals surface area (Å²) in [4.78, 5) is 0. The molecule has 0 fully saturated rings. The van der Waals surface area contributed by atoms with Crippen LogP contribution in [-0.2, 0) is 25.7 Å². The molecule has 0 atom stereocenters. The maximum absolute atomic E-state index is 5.89. The zero-order chi connectivity index (χ0) is 18.0. The van der Waals surface area contributed by atoms with Gasteiger partial charge in [-0.25, -0.2) is 0 Å². The van der Waals surface area contributed by atoms with Crippen molar-refractivity contribution in [3.8, 4) is 12.3 Å². The summed E-state index contributed by atoms with van der Waals surface area (Å²) in [6.07, 6.45) is 9.93. The second-order valence-corrected chi connectivity index (χ2v) is 7.96. The Bertz CT molecular complexity index is 862. The van der Waals surface area contributed by atoms with Crippen molar-refractivity contribution >= 4 is 5.57 Å². The third-order valence-corrected chi connectivity index (χ3v) is 5.30. The molecule has 128 valence electrons. The Morgan fingerprint density at radius 3 is 2.64 bits per heavy atom. The summed E-state index contributed by atoms with van der Waals surface area (Å²) in [5, 5.41) is 0. The zero-order valence-corrected chi connectivity index (χ0v) is 15.5. The van der Waals surface area contributed by atoms with E-state index in [0.717, 1.165) is 24.0 Å². The molecule has 0 aliphatic heterocycles. The van der Waals surface area contributed by atoms with Crippen molar-refractivity contribution in [2.75, 3.05) is 0 Å². The maximum atomic E-state index is 5.89. The van der Waals surface area contributed by atoms with Gasteiger partial charge in [0.1, 0.15) is 0 Å². The average Bonchev–Trinajstić information content (AvgIpc) is 2.93. The standard InChI is InChI=1S/C24H27N/c1-5-23(25)17(2)20-10-6-8-18(14-20)12-13-19-9-7-11-21-15-24(3,4)16-22(19)21/h1,6-11,14H,12-13,15-16,25H2,2-4H3/b23-17+. The molecule has 0 spiro atoms. The molecule has 0 saturated heterocycles. The normalized spacial score (nSPS) is 16.1. The first kappa shape index (κ1) is 17.4. The van der Waals surface area contributed by atoms with E-state index in [1.54, 1.807) is 5.56 Å². The highest BCUT2D eigenvalue weighted by molar-refractivity contribution is 5.70. The van der Waals surface area contributed by atoms with Gasteiger partial charge >= 0.3 is 0 Å². The largest absolute Gasteiger partial charge is 0.392 e. The number of allylic oxidation sites excluding steroid dienone is 2. The van der Waals surface area contributed by atoms with Gasteiger partial charge < -0.3 is 5.73 Å². The molecule has 1 nitrogen and oxygen atoms in total. The fourth-order valence-electron chi connectivity index (χ4n) is 3.87. The summed E-state index contributed by atoms with van der Waals surface area (Å²) in [5.41, 5.74) is 14.9. The molecule has 2 aromatic rings. The topological polar surface area (TPSA) is 26.0 Å². The minimum absolute atomic E-state index is 0.396. The van der Waals surface area contributed by atoms with E-state index >= 15 is 0 Å². The van der Waals surface area contributed by atoms with Crippen LogP contribution in [0, 0.1) is 17.8 Å². The van der Waals surface area contributed by atoms with Crippen molar-refractivity contribution < 1.29 is 0 Å². The molecule has 0 saturated carbocycles. The lowest BCUT2D eigenvalue weighted by Gasteiger charge is -2.15. The summed E-state index contributed by atoms with van der Waals surface area (Å²) in [7, 11) is 0. The number of fused-ring (bicyclic) bond motifs is 1. The van der Waals surface area contributed by atoms with E-state index in [-0.39, 0.29) is 0 Å².